The third kappa shape index (κ3) is 3.32. The minimum atomic E-state index is 0.977. The Balaban J connectivity index is 1.52. The molecule has 4 heteroatoms. The van der Waals surface area contributed by atoms with Gasteiger partial charge in [-0.3, -0.25) is 4.90 Å². The summed E-state index contributed by atoms with van der Waals surface area (Å²) in [4.78, 5) is 12.9. The second kappa shape index (κ2) is 6.62. The van der Waals surface area contributed by atoms with Crippen molar-refractivity contribution in [3.8, 4) is 11.1 Å². The van der Waals surface area contributed by atoms with Crippen LogP contribution < -0.4 is 0 Å². The van der Waals surface area contributed by atoms with E-state index in [2.05, 4.69) is 71.0 Å². The number of H-pyrrole nitrogens is 1. The minimum absolute atomic E-state index is 0.977. The second-order valence-corrected chi connectivity index (χ2v) is 7.27. The molecule has 0 radical (unpaired) electrons. The number of hydrogen-bond donors (Lipinski definition) is 1. The van der Waals surface area contributed by atoms with Gasteiger partial charge in [-0.1, -0.05) is 24.3 Å². The molecule has 0 amide bonds. The van der Waals surface area contributed by atoms with E-state index >= 15 is 0 Å². The van der Waals surface area contributed by atoms with Crippen LogP contribution in [0, 0.1) is 13.8 Å². The van der Waals surface area contributed by atoms with E-state index in [9.17, 15) is 0 Å². The van der Waals surface area contributed by atoms with Gasteiger partial charge < -0.3 is 9.88 Å². The summed E-state index contributed by atoms with van der Waals surface area (Å²) >= 11 is 0. The van der Waals surface area contributed by atoms with Gasteiger partial charge in [0.25, 0.3) is 0 Å². The molecule has 1 saturated heterocycles. The molecule has 25 heavy (non-hydrogen) atoms. The number of piperazine rings is 1. The van der Waals surface area contributed by atoms with Crippen molar-refractivity contribution in [1.82, 2.24) is 19.8 Å². The van der Waals surface area contributed by atoms with E-state index in [4.69, 9.17) is 0 Å². The number of fused-ring (bicyclic) bond motifs is 1. The maximum absolute atomic E-state index is 4.59. The Bertz CT molecular complexity index is 871. The van der Waals surface area contributed by atoms with Crippen LogP contribution >= 0.6 is 0 Å². The lowest BCUT2D eigenvalue weighted by molar-refractivity contribution is 0.148. The van der Waals surface area contributed by atoms with Gasteiger partial charge in [0.2, 0.25) is 0 Å². The van der Waals surface area contributed by atoms with E-state index in [1.165, 1.54) is 46.4 Å². The Morgan fingerprint density at radius 3 is 2.44 bits per heavy atom. The van der Waals surface area contributed by atoms with Crippen molar-refractivity contribution < 1.29 is 0 Å². The average molecular weight is 334 g/mol. The van der Waals surface area contributed by atoms with E-state index in [0.29, 0.717) is 0 Å². The number of nitrogens with one attached hydrogen (secondary N) is 1. The van der Waals surface area contributed by atoms with E-state index < -0.39 is 0 Å². The molecule has 1 aliphatic heterocycles. The summed E-state index contributed by atoms with van der Waals surface area (Å²) in [6.07, 6.45) is 1.97. The van der Waals surface area contributed by atoms with Gasteiger partial charge in [-0.25, -0.2) is 4.98 Å². The largest absolute Gasteiger partial charge is 0.343 e. The third-order valence-electron chi connectivity index (χ3n) is 5.45. The number of benzene rings is 1. The van der Waals surface area contributed by atoms with Gasteiger partial charge in [-0.2, -0.15) is 0 Å². The maximum Gasteiger partial charge on any atom is 0.137 e. The zero-order chi connectivity index (χ0) is 17.4. The molecule has 1 aliphatic rings. The fourth-order valence-corrected chi connectivity index (χ4v) is 3.55. The standard InChI is InChI=1S/C21H26N4/c1-15-16(2)23-21-20(15)12-19(13-22-21)18-6-4-17(5-7-18)14-25-10-8-24(3)9-11-25/h4-7,12-13H,8-11,14H2,1-3H3,(H,22,23). The summed E-state index contributed by atoms with van der Waals surface area (Å²) in [5.41, 5.74) is 7.26. The van der Waals surface area contributed by atoms with Crippen LogP contribution in [0.3, 0.4) is 0 Å². The van der Waals surface area contributed by atoms with Crippen LogP contribution in [0.15, 0.2) is 36.5 Å². The monoisotopic (exact) mass is 334 g/mol. The summed E-state index contributed by atoms with van der Waals surface area (Å²) in [5.74, 6) is 0. The van der Waals surface area contributed by atoms with Gasteiger partial charge in [-0.15, -0.1) is 0 Å². The van der Waals surface area contributed by atoms with Crippen LogP contribution in [-0.4, -0.2) is 53.0 Å². The lowest BCUT2D eigenvalue weighted by atomic mass is 10.0. The summed E-state index contributed by atoms with van der Waals surface area (Å²) in [6, 6.07) is 11.2. The van der Waals surface area contributed by atoms with Crippen molar-refractivity contribution in [2.45, 2.75) is 20.4 Å². The summed E-state index contributed by atoms with van der Waals surface area (Å²) < 4.78 is 0. The summed E-state index contributed by atoms with van der Waals surface area (Å²) in [7, 11) is 2.20. The van der Waals surface area contributed by atoms with Crippen molar-refractivity contribution in [2.24, 2.45) is 0 Å². The molecule has 4 rings (SSSR count). The molecule has 3 aromatic rings. The first-order valence-corrected chi connectivity index (χ1v) is 9.05. The van der Waals surface area contributed by atoms with Gasteiger partial charge in [0.1, 0.15) is 5.65 Å². The molecule has 0 aliphatic carbocycles. The second-order valence-electron chi connectivity index (χ2n) is 7.27. The fourth-order valence-electron chi connectivity index (χ4n) is 3.55. The Hall–Kier alpha value is -2.17. The van der Waals surface area contributed by atoms with Crippen LogP contribution in [-0.2, 0) is 6.54 Å². The first-order valence-electron chi connectivity index (χ1n) is 9.05. The van der Waals surface area contributed by atoms with E-state index in [1.54, 1.807) is 0 Å². The van der Waals surface area contributed by atoms with Crippen molar-refractivity contribution in [3.63, 3.8) is 0 Å². The first kappa shape index (κ1) is 16.3. The molecule has 0 bridgehead atoms. The molecule has 1 N–H and O–H groups in total. The van der Waals surface area contributed by atoms with Gasteiger partial charge in [-0.05, 0) is 43.7 Å². The lowest BCUT2D eigenvalue weighted by Gasteiger charge is -2.32. The molecule has 4 nitrogen and oxygen atoms in total. The van der Waals surface area contributed by atoms with Gasteiger partial charge in [0.15, 0.2) is 0 Å². The minimum Gasteiger partial charge on any atom is -0.343 e. The molecule has 3 heterocycles. The number of nitrogens with zero attached hydrogens (tertiary/aromatic N) is 3. The molecule has 0 atom stereocenters. The Labute approximate surface area is 149 Å². The van der Waals surface area contributed by atoms with Crippen molar-refractivity contribution in [2.75, 3.05) is 33.2 Å². The number of aromatic nitrogens is 2. The molecule has 130 valence electrons. The Kier molecular flexibility index (Phi) is 4.32. The van der Waals surface area contributed by atoms with Gasteiger partial charge in [0, 0.05) is 55.6 Å². The fraction of sp³-hybridized carbons (Fsp3) is 0.381. The number of likely N-dealkylation sites (N-methyl/N-ethyl adjacent to an activating group) is 1. The van der Waals surface area contributed by atoms with Crippen LogP contribution in [0.25, 0.3) is 22.2 Å². The van der Waals surface area contributed by atoms with Crippen LogP contribution in [0.5, 0.6) is 0 Å². The Morgan fingerprint density at radius 2 is 1.72 bits per heavy atom. The van der Waals surface area contributed by atoms with Crippen molar-refractivity contribution >= 4 is 11.0 Å². The molecule has 0 unspecified atom stereocenters. The highest BCUT2D eigenvalue weighted by Crippen LogP contribution is 2.26. The topological polar surface area (TPSA) is 35.2 Å². The molecule has 1 aromatic carbocycles. The highest BCUT2D eigenvalue weighted by molar-refractivity contribution is 5.85. The lowest BCUT2D eigenvalue weighted by Crippen LogP contribution is -2.43. The zero-order valence-corrected chi connectivity index (χ0v) is 15.3. The average Bonchev–Trinajstić information content (AvgIpc) is 2.92. The normalized spacial score (nSPS) is 16.6. The molecule has 0 saturated carbocycles. The number of rotatable bonds is 3. The molecule has 2 aromatic heterocycles. The van der Waals surface area contributed by atoms with Crippen LogP contribution in [0.2, 0.25) is 0 Å². The first-order chi connectivity index (χ1) is 12.1. The SMILES string of the molecule is Cc1[nH]c2ncc(-c3ccc(CN4CCN(C)CC4)cc3)cc2c1C. The zero-order valence-electron chi connectivity index (χ0n) is 15.3. The van der Waals surface area contributed by atoms with Gasteiger partial charge in [0.05, 0.1) is 0 Å². The number of pyridine rings is 1. The van der Waals surface area contributed by atoms with Crippen molar-refractivity contribution in [3.05, 3.63) is 53.3 Å². The maximum atomic E-state index is 4.59. The predicted octanol–water partition coefficient (Wildman–Crippen LogP) is 3.59. The summed E-state index contributed by atoms with van der Waals surface area (Å²) in [5, 5.41) is 1.22. The number of aromatic amines is 1. The number of hydrogen-bond acceptors (Lipinski definition) is 3. The highest BCUT2D eigenvalue weighted by Gasteiger charge is 2.14. The third-order valence-corrected chi connectivity index (χ3v) is 5.45. The van der Waals surface area contributed by atoms with E-state index in [-0.39, 0.29) is 0 Å². The van der Waals surface area contributed by atoms with Crippen molar-refractivity contribution in [1.29, 1.82) is 0 Å². The van der Waals surface area contributed by atoms with Crippen LogP contribution in [0.1, 0.15) is 16.8 Å². The number of aryl methyl sites for hydroxylation is 2. The predicted molar refractivity (Wildman–Crippen MR) is 104 cm³/mol. The molecule has 1 fully saturated rings. The Morgan fingerprint density at radius 1 is 1.00 bits per heavy atom. The molecule has 0 spiro atoms. The highest BCUT2D eigenvalue weighted by atomic mass is 15.2. The molecular weight excluding hydrogens is 308 g/mol. The van der Waals surface area contributed by atoms with Gasteiger partial charge >= 0.3 is 0 Å². The van der Waals surface area contributed by atoms with Crippen LogP contribution in [0.4, 0.5) is 0 Å². The smallest absolute Gasteiger partial charge is 0.137 e. The quantitative estimate of drug-likeness (QED) is 0.795. The molecular formula is C21H26N4. The van der Waals surface area contributed by atoms with E-state index in [0.717, 1.165) is 25.3 Å². The van der Waals surface area contributed by atoms with E-state index in [1.807, 2.05) is 6.20 Å². The summed E-state index contributed by atoms with van der Waals surface area (Å²) in [6.45, 7) is 9.94.